The van der Waals surface area contributed by atoms with Crippen molar-refractivity contribution >= 4 is 0 Å². The van der Waals surface area contributed by atoms with Gasteiger partial charge in [0.2, 0.25) is 0 Å². The van der Waals surface area contributed by atoms with Crippen LogP contribution in [0, 0.1) is 0 Å². The average Bonchev–Trinajstić information content (AvgIpc) is 2.32. The molecule has 90 valence electrons. The van der Waals surface area contributed by atoms with Crippen LogP contribution in [0.25, 0.3) is 0 Å². The van der Waals surface area contributed by atoms with Gasteiger partial charge < -0.3 is 15.8 Å². The van der Waals surface area contributed by atoms with Gasteiger partial charge in [0.1, 0.15) is 0 Å². The first-order valence-electron chi connectivity index (χ1n) is 5.87. The van der Waals surface area contributed by atoms with Gasteiger partial charge in [-0.1, -0.05) is 30.3 Å². The summed E-state index contributed by atoms with van der Waals surface area (Å²) in [6, 6.07) is 10.6. The highest BCUT2D eigenvalue weighted by molar-refractivity contribution is 5.15. The quantitative estimate of drug-likeness (QED) is 0.790. The van der Waals surface area contributed by atoms with E-state index >= 15 is 0 Å². The molecule has 1 aromatic carbocycles. The largest absolute Gasteiger partial charge is 0.379 e. The van der Waals surface area contributed by atoms with Crippen LogP contribution < -0.4 is 11.1 Å². The summed E-state index contributed by atoms with van der Waals surface area (Å²) in [4.78, 5) is 0. The monoisotopic (exact) mass is 222 g/mol. The highest BCUT2D eigenvalue weighted by atomic mass is 16.5. The smallest absolute Gasteiger partial charge is 0.0591 e. The third-order valence-electron chi connectivity index (χ3n) is 2.25. The van der Waals surface area contributed by atoms with Crippen LogP contribution in [0.2, 0.25) is 0 Å². The molecule has 1 aliphatic heterocycles. The number of hydrogen-bond donors (Lipinski definition) is 2. The summed E-state index contributed by atoms with van der Waals surface area (Å²) in [6.07, 6.45) is 0.973. The molecule has 16 heavy (non-hydrogen) atoms. The molecule has 2 rings (SSSR count). The molecule has 0 bridgehead atoms. The Bertz CT molecular complexity index is 246. The van der Waals surface area contributed by atoms with Crippen LogP contribution >= 0.6 is 0 Å². The number of rotatable bonds is 2. The van der Waals surface area contributed by atoms with Crippen molar-refractivity contribution in [2.45, 2.75) is 19.4 Å². The van der Waals surface area contributed by atoms with Crippen LogP contribution in [0.5, 0.6) is 0 Å². The van der Waals surface area contributed by atoms with Crippen molar-refractivity contribution in [2.75, 3.05) is 26.3 Å². The minimum atomic E-state index is 0.266. The highest BCUT2D eigenvalue weighted by Crippen LogP contribution is 2.00. The molecule has 0 radical (unpaired) electrons. The van der Waals surface area contributed by atoms with Crippen LogP contribution in [-0.4, -0.2) is 32.3 Å². The lowest BCUT2D eigenvalue weighted by Gasteiger charge is -2.10. The van der Waals surface area contributed by atoms with E-state index in [1.807, 2.05) is 25.1 Å². The van der Waals surface area contributed by atoms with Gasteiger partial charge in [0, 0.05) is 19.1 Å². The van der Waals surface area contributed by atoms with E-state index in [1.165, 1.54) is 5.56 Å². The molecule has 1 fully saturated rings. The second-order valence-electron chi connectivity index (χ2n) is 4.03. The zero-order valence-corrected chi connectivity index (χ0v) is 9.99. The van der Waals surface area contributed by atoms with Crippen molar-refractivity contribution < 1.29 is 4.74 Å². The minimum absolute atomic E-state index is 0.266. The van der Waals surface area contributed by atoms with Gasteiger partial charge in [-0.25, -0.2) is 0 Å². The Morgan fingerprint density at radius 3 is 2.25 bits per heavy atom. The van der Waals surface area contributed by atoms with Crippen molar-refractivity contribution in [3.63, 3.8) is 0 Å². The van der Waals surface area contributed by atoms with E-state index < -0.39 is 0 Å². The van der Waals surface area contributed by atoms with Crippen LogP contribution in [-0.2, 0) is 11.2 Å². The molecule has 3 nitrogen and oxygen atoms in total. The van der Waals surface area contributed by atoms with Crippen molar-refractivity contribution in [1.82, 2.24) is 5.32 Å². The normalized spacial score (nSPS) is 17.1. The molecular formula is C13H22N2O. The molecule has 1 atom stereocenters. The van der Waals surface area contributed by atoms with E-state index in [0.29, 0.717) is 0 Å². The number of morpholine rings is 1. The Morgan fingerprint density at radius 1 is 1.25 bits per heavy atom. The third-order valence-corrected chi connectivity index (χ3v) is 2.25. The lowest BCUT2D eigenvalue weighted by molar-refractivity contribution is 0.109. The summed E-state index contributed by atoms with van der Waals surface area (Å²) in [7, 11) is 0. The van der Waals surface area contributed by atoms with Crippen LogP contribution in [0.15, 0.2) is 30.3 Å². The number of benzene rings is 1. The van der Waals surface area contributed by atoms with Gasteiger partial charge in [-0.3, -0.25) is 0 Å². The molecule has 0 amide bonds. The molecule has 3 N–H and O–H groups in total. The molecule has 0 aliphatic carbocycles. The Balaban J connectivity index is 0.000000181. The van der Waals surface area contributed by atoms with E-state index in [0.717, 1.165) is 32.7 Å². The second-order valence-corrected chi connectivity index (χ2v) is 4.03. The molecule has 1 aromatic rings. The lowest BCUT2D eigenvalue weighted by Crippen LogP contribution is -2.30. The fourth-order valence-corrected chi connectivity index (χ4v) is 1.50. The fraction of sp³-hybridized carbons (Fsp3) is 0.538. The van der Waals surface area contributed by atoms with E-state index in [9.17, 15) is 0 Å². The van der Waals surface area contributed by atoms with E-state index in [-0.39, 0.29) is 6.04 Å². The van der Waals surface area contributed by atoms with Gasteiger partial charge in [0.05, 0.1) is 13.2 Å². The van der Waals surface area contributed by atoms with E-state index in [2.05, 4.69) is 17.4 Å². The zero-order chi connectivity index (χ0) is 11.6. The van der Waals surface area contributed by atoms with Crippen molar-refractivity contribution in [1.29, 1.82) is 0 Å². The minimum Gasteiger partial charge on any atom is -0.379 e. The zero-order valence-electron chi connectivity index (χ0n) is 9.99. The van der Waals surface area contributed by atoms with Gasteiger partial charge in [0.25, 0.3) is 0 Å². The average molecular weight is 222 g/mol. The number of hydrogen-bond acceptors (Lipinski definition) is 3. The SMILES string of the molecule is C1COCCN1.CC(N)Cc1ccccc1. The Labute approximate surface area is 98.0 Å². The van der Waals surface area contributed by atoms with Gasteiger partial charge >= 0.3 is 0 Å². The number of nitrogens with two attached hydrogens (primary N) is 1. The van der Waals surface area contributed by atoms with E-state index in [1.54, 1.807) is 0 Å². The molecule has 1 saturated heterocycles. The summed E-state index contributed by atoms with van der Waals surface area (Å²) in [6.45, 7) is 5.85. The second kappa shape index (κ2) is 8.28. The summed E-state index contributed by atoms with van der Waals surface area (Å²) < 4.78 is 5.01. The predicted molar refractivity (Wildman–Crippen MR) is 67.5 cm³/mol. The first-order chi connectivity index (χ1) is 7.79. The standard InChI is InChI=1S/C9H13N.C4H9NO/c1-8(10)7-9-5-3-2-4-6-9;1-3-6-4-2-5-1/h2-6,8H,7,10H2,1H3;5H,1-4H2. The molecule has 1 unspecified atom stereocenters. The van der Waals surface area contributed by atoms with Crippen molar-refractivity contribution in [3.05, 3.63) is 35.9 Å². The van der Waals surface area contributed by atoms with Gasteiger partial charge in [-0.2, -0.15) is 0 Å². The molecule has 0 saturated carbocycles. The topological polar surface area (TPSA) is 47.3 Å². The predicted octanol–water partition coefficient (Wildman–Crippen LogP) is 1.18. The van der Waals surface area contributed by atoms with Crippen LogP contribution in [0.4, 0.5) is 0 Å². The van der Waals surface area contributed by atoms with Crippen molar-refractivity contribution in [2.24, 2.45) is 5.73 Å². The van der Waals surface area contributed by atoms with E-state index in [4.69, 9.17) is 10.5 Å². The fourth-order valence-electron chi connectivity index (χ4n) is 1.50. The maximum Gasteiger partial charge on any atom is 0.0591 e. The summed E-state index contributed by atoms with van der Waals surface area (Å²) in [5.41, 5.74) is 6.94. The molecule has 0 spiro atoms. The first-order valence-corrected chi connectivity index (χ1v) is 5.87. The molecular weight excluding hydrogens is 200 g/mol. The van der Waals surface area contributed by atoms with Gasteiger partial charge in [0.15, 0.2) is 0 Å². The number of nitrogens with one attached hydrogen (secondary N) is 1. The Hall–Kier alpha value is -0.900. The maximum atomic E-state index is 5.62. The summed E-state index contributed by atoms with van der Waals surface area (Å²) in [5, 5.41) is 3.16. The van der Waals surface area contributed by atoms with Crippen LogP contribution in [0.1, 0.15) is 12.5 Å². The molecule has 1 aliphatic rings. The first kappa shape index (κ1) is 13.2. The van der Waals surface area contributed by atoms with Gasteiger partial charge in [-0.15, -0.1) is 0 Å². The van der Waals surface area contributed by atoms with Crippen molar-refractivity contribution in [3.8, 4) is 0 Å². The Morgan fingerprint density at radius 2 is 1.88 bits per heavy atom. The molecule has 3 heteroatoms. The summed E-state index contributed by atoms with van der Waals surface area (Å²) >= 11 is 0. The summed E-state index contributed by atoms with van der Waals surface area (Å²) in [5.74, 6) is 0. The molecule has 1 heterocycles. The van der Waals surface area contributed by atoms with Crippen LogP contribution in [0.3, 0.4) is 0 Å². The maximum absolute atomic E-state index is 5.62. The lowest BCUT2D eigenvalue weighted by atomic mass is 10.1. The number of ether oxygens (including phenoxy) is 1. The highest BCUT2D eigenvalue weighted by Gasteiger charge is 1.94. The third kappa shape index (κ3) is 6.56. The Kier molecular flexibility index (Phi) is 6.81. The molecule has 0 aromatic heterocycles. The van der Waals surface area contributed by atoms with Gasteiger partial charge in [-0.05, 0) is 18.9 Å².